The molecular formula is C15H9IN2O3. The van der Waals surface area contributed by atoms with Crippen LogP contribution in [0.5, 0.6) is 23.1 Å². The first-order chi connectivity index (χ1) is 10.3. The number of ether oxygens (including phenoxy) is 3. The molecule has 0 radical (unpaired) electrons. The van der Waals surface area contributed by atoms with E-state index in [0.29, 0.717) is 17.4 Å². The van der Waals surface area contributed by atoms with Crippen molar-refractivity contribution in [3.63, 3.8) is 0 Å². The van der Waals surface area contributed by atoms with E-state index >= 15 is 0 Å². The van der Waals surface area contributed by atoms with Crippen LogP contribution in [-0.2, 0) is 0 Å². The van der Waals surface area contributed by atoms with Crippen molar-refractivity contribution in [3.05, 3.63) is 46.3 Å². The number of aromatic nitrogens is 2. The van der Waals surface area contributed by atoms with Crippen molar-refractivity contribution in [2.24, 2.45) is 0 Å². The lowest BCUT2D eigenvalue weighted by Gasteiger charge is -2.08. The molecule has 0 unspecified atom stereocenters. The minimum absolute atomic E-state index is 0.243. The van der Waals surface area contributed by atoms with Gasteiger partial charge in [0.15, 0.2) is 11.5 Å². The quantitative estimate of drug-likeness (QED) is 0.622. The van der Waals surface area contributed by atoms with Crippen LogP contribution in [-0.4, -0.2) is 16.8 Å². The summed E-state index contributed by atoms with van der Waals surface area (Å²) in [7, 11) is 0. The highest BCUT2D eigenvalue weighted by Crippen LogP contribution is 2.37. The van der Waals surface area contributed by atoms with Gasteiger partial charge in [0.05, 0.1) is 10.9 Å². The number of hydrogen-bond donors (Lipinski definition) is 0. The molecule has 0 saturated carbocycles. The summed E-state index contributed by atoms with van der Waals surface area (Å²) in [5.74, 6) is 2.58. The lowest BCUT2D eigenvalue weighted by atomic mass is 10.2. The van der Waals surface area contributed by atoms with E-state index in [0.717, 1.165) is 20.2 Å². The molecule has 1 aliphatic rings. The monoisotopic (exact) mass is 392 g/mol. The average molecular weight is 392 g/mol. The van der Waals surface area contributed by atoms with Crippen LogP contribution in [0, 0.1) is 3.57 Å². The lowest BCUT2D eigenvalue weighted by Crippen LogP contribution is -1.93. The van der Waals surface area contributed by atoms with Crippen LogP contribution in [0.3, 0.4) is 0 Å². The Kier molecular flexibility index (Phi) is 3.03. The van der Waals surface area contributed by atoms with E-state index in [1.54, 1.807) is 6.07 Å². The molecule has 3 aromatic rings. The molecule has 0 spiro atoms. The highest BCUT2D eigenvalue weighted by atomic mass is 127. The predicted molar refractivity (Wildman–Crippen MR) is 84.9 cm³/mol. The van der Waals surface area contributed by atoms with Gasteiger partial charge in [-0.25, -0.2) is 9.97 Å². The number of rotatable bonds is 2. The van der Waals surface area contributed by atoms with E-state index in [1.807, 2.05) is 30.3 Å². The van der Waals surface area contributed by atoms with Gasteiger partial charge >= 0.3 is 0 Å². The Balaban J connectivity index is 1.75. The third kappa shape index (κ3) is 2.35. The Morgan fingerprint density at radius 3 is 2.86 bits per heavy atom. The van der Waals surface area contributed by atoms with Gasteiger partial charge in [0, 0.05) is 9.64 Å². The maximum absolute atomic E-state index is 5.88. The van der Waals surface area contributed by atoms with Gasteiger partial charge < -0.3 is 14.2 Å². The number of fused-ring (bicyclic) bond motifs is 2. The molecular weight excluding hydrogens is 383 g/mol. The van der Waals surface area contributed by atoms with Crippen molar-refractivity contribution < 1.29 is 14.2 Å². The zero-order valence-corrected chi connectivity index (χ0v) is 12.9. The van der Waals surface area contributed by atoms with Crippen molar-refractivity contribution in [1.82, 2.24) is 9.97 Å². The van der Waals surface area contributed by atoms with Crippen LogP contribution in [0.4, 0.5) is 0 Å². The third-order valence-electron chi connectivity index (χ3n) is 3.12. The highest BCUT2D eigenvalue weighted by Gasteiger charge is 2.15. The minimum Gasteiger partial charge on any atom is -0.454 e. The van der Waals surface area contributed by atoms with Gasteiger partial charge in [-0.05, 0) is 52.9 Å². The first-order valence-corrected chi connectivity index (χ1v) is 7.35. The van der Waals surface area contributed by atoms with Gasteiger partial charge in [-0.3, -0.25) is 0 Å². The van der Waals surface area contributed by atoms with Crippen molar-refractivity contribution >= 4 is 33.5 Å². The summed E-state index contributed by atoms with van der Waals surface area (Å²) in [6.07, 6.45) is 1.50. The SMILES string of the molecule is Ic1ccc2ncnc(Oc3ccc4c(c3)OCO4)c2c1. The molecule has 2 heterocycles. The van der Waals surface area contributed by atoms with Crippen LogP contribution in [0.25, 0.3) is 10.9 Å². The molecule has 0 amide bonds. The van der Waals surface area contributed by atoms with Crippen molar-refractivity contribution in [2.45, 2.75) is 0 Å². The molecule has 0 bridgehead atoms. The van der Waals surface area contributed by atoms with Gasteiger partial charge in [0.2, 0.25) is 12.7 Å². The first kappa shape index (κ1) is 12.6. The molecule has 0 aliphatic carbocycles. The van der Waals surface area contributed by atoms with Crippen molar-refractivity contribution in [3.8, 4) is 23.1 Å². The van der Waals surface area contributed by atoms with Crippen molar-refractivity contribution in [2.75, 3.05) is 6.79 Å². The van der Waals surface area contributed by atoms with E-state index in [-0.39, 0.29) is 6.79 Å². The Hall–Kier alpha value is -2.09. The number of hydrogen-bond acceptors (Lipinski definition) is 5. The van der Waals surface area contributed by atoms with Crippen LogP contribution in [0.15, 0.2) is 42.7 Å². The number of halogens is 1. The summed E-state index contributed by atoms with van der Waals surface area (Å²) in [4.78, 5) is 8.47. The topological polar surface area (TPSA) is 53.5 Å². The van der Waals surface area contributed by atoms with Crippen molar-refractivity contribution in [1.29, 1.82) is 0 Å². The maximum Gasteiger partial charge on any atom is 0.231 e. The zero-order valence-electron chi connectivity index (χ0n) is 10.7. The van der Waals surface area contributed by atoms with Crippen LogP contribution in [0.1, 0.15) is 0 Å². The molecule has 1 aromatic heterocycles. The van der Waals surface area contributed by atoms with E-state index in [2.05, 4.69) is 32.6 Å². The molecule has 104 valence electrons. The summed E-state index contributed by atoms with van der Waals surface area (Å²) in [5.41, 5.74) is 0.848. The van der Waals surface area contributed by atoms with E-state index in [4.69, 9.17) is 14.2 Å². The summed E-state index contributed by atoms with van der Waals surface area (Å²) in [6, 6.07) is 11.4. The first-order valence-electron chi connectivity index (χ1n) is 6.27. The normalized spacial score (nSPS) is 12.6. The zero-order chi connectivity index (χ0) is 14.2. The molecule has 0 N–H and O–H groups in total. The molecule has 5 nitrogen and oxygen atoms in total. The van der Waals surface area contributed by atoms with E-state index in [9.17, 15) is 0 Å². The third-order valence-corrected chi connectivity index (χ3v) is 3.79. The molecule has 6 heteroatoms. The summed E-state index contributed by atoms with van der Waals surface area (Å²) >= 11 is 2.25. The molecule has 0 saturated heterocycles. The van der Waals surface area contributed by atoms with Crippen LogP contribution in [0.2, 0.25) is 0 Å². The smallest absolute Gasteiger partial charge is 0.231 e. The Morgan fingerprint density at radius 1 is 1.00 bits per heavy atom. The molecule has 21 heavy (non-hydrogen) atoms. The Morgan fingerprint density at radius 2 is 1.90 bits per heavy atom. The van der Waals surface area contributed by atoms with Crippen LogP contribution < -0.4 is 14.2 Å². The fourth-order valence-corrected chi connectivity index (χ4v) is 2.63. The summed E-state index contributed by atoms with van der Waals surface area (Å²) in [6.45, 7) is 0.243. The lowest BCUT2D eigenvalue weighted by molar-refractivity contribution is 0.174. The minimum atomic E-state index is 0.243. The van der Waals surface area contributed by atoms with Gasteiger partial charge in [-0.15, -0.1) is 0 Å². The Labute approximate surface area is 134 Å². The maximum atomic E-state index is 5.88. The Bertz CT molecular complexity index is 838. The van der Waals surface area contributed by atoms with Crippen LogP contribution >= 0.6 is 22.6 Å². The highest BCUT2D eigenvalue weighted by molar-refractivity contribution is 14.1. The fourth-order valence-electron chi connectivity index (χ4n) is 2.14. The second kappa shape index (κ2) is 5.03. The van der Waals surface area contributed by atoms with Gasteiger partial charge in [-0.2, -0.15) is 0 Å². The summed E-state index contributed by atoms with van der Waals surface area (Å²) in [5, 5.41) is 0.877. The molecule has 0 fully saturated rings. The number of nitrogens with zero attached hydrogens (tertiary/aromatic N) is 2. The standard InChI is InChI=1S/C15H9IN2O3/c16-9-1-3-12-11(5-9)15(18-7-17-12)21-10-2-4-13-14(6-10)20-8-19-13/h1-7H,8H2. The molecule has 1 aliphatic heterocycles. The van der Waals surface area contributed by atoms with Gasteiger partial charge in [0.25, 0.3) is 0 Å². The largest absolute Gasteiger partial charge is 0.454 e. The molecule has 4 rings (SSSR count). The van der Waals surface area contributed by atoms with E-state index in [1.165, 1.54) is 6.33 Å². The fraction of sp³-hybridized carbons (Fsp3) is 0.0667. The predicted octanol–water partition coefficient (Wildman–Crippen LogP) is 3.76. The second-order valence-electron chi connectivity index (χ2n) is 4.46. The number of benzene rings is 2. The molecule has 0 atom stereocenters. The molecule has 2 aromatic carbocycles. The van der Waals surface area contributed by atoms with E-state index < -0.39 is 0 Å². The second-order valence-corrected chi connectivity index (χ2v) is 5.70. The average Bonchev–Trinajstić information content (AvgIpc) is 2.95. The van der Waals surface area contributed by atoms with Gasteiger partial charge in [0.1, 0.15) is 12.1 Å². The summed E-state index contributed by atoms with van der Waals surface area (Å²) < 4.78 is 17.6. The van der Waals surface area contributed by atoms with Gasteiger partial charge in [-0.1, -0.05) is 0 Å².